The van der Waals surface area contributed by atoms with Gasteiger partial charge in [0.1, 0.15) is 11.9 Å². The van der Waals surface area contributed by atoms with Crippen LogP contribution in [0.5, 0.6) is 5.75 Å². The molecule has 0 radical (unpaired) electrons. The average Bonchev–Trinajstić information content (AvgIpc) is 3.13. The van der Waals surface area contributed by atoms with E-state index in [1.165, 1.54) is 6.92 Å². The summed E-state index contributed by atoms with van der Waals surface area (Å²) in [6.45, 7) is 9.48. The van der Waals surface area contributed by atoms with Crippen molar-refractivity contribution >= 4 is 23.3 Å². The van der Waals surface area contributed by atoms with Crippen molar-refractivity contribution in [2.75, 3.05) is 11.9 Å². The zero-order chi connectivity index (χ0) is 29.1. The first-order valence-corrected chi connectivity index (χ1v) is 13.8. The molecular formula is C33H39N3O4. The van der Waals surface area contributed by atoms with E-state index in [0.29, 0.717) is 17.9 Å². The molecule has 0 aliphatic carbocycles. The SMILES string of the molecule is CC(=O)C(Cc1ccc(N2C(=O)C(CC(C)C)N(C)C2c2ccc(O)cc2)cc1)NC(=O)c1c(C)cccc1C. The maximum atomic E-state index is 13.7. The van der Waals surface area contributed by atoms with Crippen LogP contribution in [0.4, 0.5) is 5.69 Å². The first-order chi connectivity index (χ1) is 19.0. The number of carbonyl (C=O) groups excluding carboxylic acids is 3. The van der Waals surface area contributed by atoms with E-state index >= 15 is 0 Å². The summed E-state index contributed by atoms with van der Waals surface area (Å²) in [6.07, 6.45) is 0.764. The van der Waals surface area contributed by atoms with Crippen LogP contribution in [0.1, 0.15) is 66.0 Å². The molecule has 1 saturated heterocycles. The number of likely N-dealkylation sites (N-methyl/N-ethyl adjacent to an activating group) is 1. The van der Waals surface area contributed by atoms with Gasteiger partial charge in [0.25, 0.3) is 5.91 Å². The highest BCUT2D eigenvalue weighted by Gasteiger charge is 2.45. The molecule has 1 fully saturated rings. The van der Waals surface area contributed by atoms with Crippen molar-refractivity contribution in [1.82, 2.24) is 10.2 Å². The van der Waals surface area contributed by atoms with Crippen molar-refractivity contribution in [2.24, 2.45) is 5.92 Å². The highest BCUT2D eigenvalue weighted by atomic mass is 16.3. The van der Waals surface area contributed by atoms with Gasteiger partial charge in [0.15, 0.2) is 5.78 Å². The molecule has 2 amide bonds. The fraction of sp³-hybridized carbons (Fsp3) is 0.364. The summed E-state index contributed by atoms with van der Waals surface area (Å²) in [5.74, 6) is 0.177. The van der Waals surface area contributed by atoms with Crippen molar-refractivity contribution in [1.29, 1.82) is 0 Å². The van der Waals surface area contributed by atoms with Gasteiger partial charge in [-0.2, -0.15) is 0 Å². The number of hydrogen-bond acceptors (Lipinski definition) is 5. The van der Waals surface area contributed by atoms with Crippen molar-refractivity contribution in [3.05, 3.63) is 94.5 Å². The molecule has 1 aliphatic rings. The van der Waals surface area contributed by atoms with Crippen molar-refractivity contribution in [3.63, 3.8) is 0 Å². The smallest absolute Gasteiger partial charge is 0.252 e. The van der Waals surface area contributed by atoms with Crippen LogP contribution in [-0.4, -0.2) is 46.7 Å². The lowest BCUT2D eigenvalue weighted by molar-refractivity contribution is -0.120. The minimum atomic E-state index is -0.669. The third kappa shape index (κ3) is 6.10. The van der Waals surface area contributed by atoms with E-state index in [4.69, 9.17) is 0 Å². The zero-order valence-electron chi connectivity index (χ0n) is 24.1. The standard InChI is InChI=1S/C33H39N3O4/c1-20(2)18-29-33(40)36(32(35(29)6)25-12-16-27(38)17-13-25)26-14-10-24(11-15-26)19-28(23(5)37)34-31(39)30-21(3)8-7-9-22(30)4/h7-17,20,28-29,32,38H,18-19H2,1-6H3,(H,34,39). The van der Waals surface area contributed by atoms with Crippen LogP contribution in [0.25, 0.3) is 0 Å². The van der Waals surface area contributed by atoms with Crippen LogP contribution in [0, 0.1) is 19.8 Å². The summed E-state index contributed by atoms with van der Waals surface area (Å²) in [6, 6.07) is 19.3. The quantitative estimate of drug-likeness (QED) is 0.382. The molecular weight excluding hydrogens is 502 g/mol. The lowest BCUT2D eigenvalue weighted by Gasteiger charge is -2.29. The molecule has 0 aromatic heterocycles. The molecule has 40 heavy (non-hydrogen) atoms. The molecule has 1 aliphatic heterocycles. The van der Waals surface area contributed by atoms with E-state index in [2.05, 4.69) is 24.1 Å². The molecule has 0 spiro atoms. The van der Waals surface area contributed by atoms with Gasteiger partial charge in [0.05, 0.1) is 12.1 Å². The predicted octanol–water partition coefficient (Wildman–Crippen LogP) is 5.33. The lowest BCUT2D eigenvalue weighted by atomic mass is 9.99. The number of ketones is 1. The Hall–Kier alpha value is -3.97. The van der Waals surface area contributed by atoms with E-state index in [1.54, 1.807) is 12.1 Å². The second kappa shape index (κ2) is 12.0. The second-order valence-electron chi connectivity index (χ2n) is 11.3. The fourth-order valence-corrected chi connectivity index (χ4v) is 5.55. The Morgan fingerprint density at radius 2 is 1.55 bits per heavy atom. The highest BCUT2D eigenvalue weighted by molar-refractivity contribution is 6.01. The first kappa shape index (κ1) is 29.0. The third-order valence-corrected chi connectivity index (χ3v) is 7.69. The molecule has 210 valence electrons. The third-order valence-electron chi connectivity index (χ3n) is 7.69. The van der Waals surface area contributed by atoms with E-state index in [-0.39, 0.29) is 35.6 Å². The molecule has 0 bridgehead atoms. The number of rotatable bonds is 9. The fourth-order valence-electron chi connectivity index (χ4n) is 5.55. The largest absolute Gasteiger partial charge is 0.508 e. The molecule has 3 atom stereocenters. The van der Waals surface area contributed by atoms with Gasteiger partial charge < -0.3 is 10.4 Å². The monoisotopic (exact) mass is 541 g/mol. The van der Waals surface area contributed by atoms with E-state index < -0.39 is 6.04 Å². The normalized spacial score (nSPS) is 18.3. The number of hydrogen-bond donors (Lipinski definition) is 2. The van der Waals surface area contributed by atoms with Crippen molar-refractivity contribution in [3.8, 4) is 5.75 Å². The topological polar surface area (TPSA) is 90.0 Å². The number of benzene rings is 3. The molecule has 4 rings (SSSR count). The van der Waals surface area contributed by atoms with Gasteiger partial charge >= 0.3 is 0 Å². The van der Waals surface area contributed by atoms with Crippen LogP contribution in [0.3, 0.4) is 0 Å². The number of nitrogens with zero attached hydrogens (tertiary/aromatic N) is 2. The van der Waals surface area contributed by atoms with Gasteiger partial charge in [-0.25, -0.2) is 0 Å². The second-order valence-corrected chi connectivity index (χ2v) is 11.3. The maximum Gasteiger partial charge on any atom is 0.252 e. The molecule has 2 N–H and O–H groups in total. The number of nitrogens with one attached hydrogen (secondary N) is 1. The Morgan fingerprint density at radius 3 is 2.10 bits per heavy atom. The van der Waals surface area contributed by atoms with Crippen LogP contribution in [0.15, 0.2) is 66.7 Å². The van der Waals surface area contributed by atoms with Gasteiger partial charge in [0.2, 0.25) is 5.91 Å². The summed E-state index contributed by atoms with van der Waals surface area (Å²) in [5, 5.41) is 12.7. The van der Waals surface area contributed by atoms with Crippen molar-refractivity contribution in [2.45, 2.75) is 65.7 Å². The van der Waals surface area contributed by atoms with Crippen LogP contribution < -0.4 is 10.2 Å². The predicted molar refractivity (Wildman–Crippen MR) is 157 cm³/mol. The molecule has 3 aromatic carbocycles. The molecule has 1 heterocycles. The maximum absolute atomic E-state index is 13.7. The van der Waals surface area contributed by atoms with Crippen molar-refractivity contribution < 1.29 is 19.5 Å². The summed E-state index contributed by atoms with van der Waals surface area (Å²) in [4.78, 5) is 43.2. The highest BCUT2D eigenvalue weighted by Crippen LogP contribution is 2.39. The Balaban J connectivity index is 1.58. The number of phenolic OH excluding ortho intramolecular Hbond substituents is 1. The number of carbonyl (C=O) groups is 3. The van der Waals surface area contributed by atoms with Gasteiger partial charge in [-0.15, -0.1) is 0 Å². The van der Waals surface area contributed by atoms with Gasteiger partial charge in [-0.3, -0.25) is 24.2 Å². The van der Waals surface area contributed by atoms with E-state index in [1.807, 2.05) is 80.4 Å². The average molecular weight is 542 g/mol. The minimum absolute atomic E-state index is 0.0319. The number of phenols is 1. The van der Waals surface area contributed by atoms with E-state index in [0.717, 1.165) is 34.4 Å². The van der Waals surface area contributed by atoms with Gasteiger partial charge in [-0.1, -0.05) is 56.3 Å². The van der Waals surface area contributed by atoms with Crippen LogP contribution in [-0.2, 0) is 16.0 Å². The van der Waals surface area contributed by atoms with Gasteiger partial charge in [0, 0.05) is 11.3 Å². The Morgan fingerprint density at radius 1 is 0.950 bits per heavy atom. The Bertz CT molecular complexity index is 1360. The number of aromatic hydroxyl groups is 1. The Labute approximate surface area is 236 Å². The summed E-state index contributed by atoms with van der Waals surface area (Å²) in [5.41, 5.74) is 4.87. The molecule has 3 aromatic rings. The van der Waals surface area contributed by atoms with Crippen LogP contribution >= 0.6 is 0 Å². The molecule has 3 unspecified atom stereocenters. The summed E-state index contributed by atoms with van der Waals surface area (Å²) < 4.78 is 0. The lowest BCUT2D eigenvalue weighted by Crippen LogP contribution is -2.41. The number of amides is 2. The number of aryl methyl sites for hydroxylation is 2. The zero-order valence-corrected chi connectivity index (χ0v) is 24.1. The number of anilines is 1. The molecule has 0 saturated carbocycles. The first-order valence-electron chi connectivity index (χ1n) is 13.8. The van der Waals surface area contributed by atoms with Gasteiger partial charge in [-0.05, 0) is 93.1 Å². The Kier molecular flexibility index (Phi) is 8.74. The molecule has 7 nitrogen and oxygen atoms in total. The number of Topliss-reactive ketones (excluding diaryl/α,β-unsaturated/α-hetero) is 1. The molecule has 7 heteroatoms. The summed E-state index contributed by atoms with van der Waals surface area (Å²) in [7, 11) is 1.97. The minimum Gasteiger partial charge on any atom is -0.508 e. The summed E-state index contributed by atoms with van der Waals surface area (Å²) >= 11 is 0. The van der Waals surface area contributed by atoms with E-state index in [9.17, 15) is 19.5 Å². The van der Waals surface area contributed by atoms with Crippen LogP contribution in [0.2, 0.25) is 0 Å².